The van der Waals surface area contributed by atoms with Gasteiger partial charge in [0.2, 0.25) is 0 Å². The molecule has 4 rings (SSSR count). The quantitative estimate of drug-likeness (QED) is 0.479. The first-order chi connectivity index (χ1) is 16.0. The van der Waals surface area contributed by atoms with Gasteiger partial charge < -0.3 is 9.64 Å². The van der Waals surface area contributed by atoms with Gasteiger partial charge in [-0.25, -0.2) is 4.90 Å². The smallest absolute Gasteiger partial charge is 0.282 e. The molecule has 5 heteroatoms. The second-order valence-corrected chi connectivity index (χ2v) is 8.16. The molecule has 1 heterocycles. The number of carbonyl (C=O) groups is 2. The van der Waals surface area contributed by atoms with Crippen LogP contribution in [0.5, 0.6) is 5.75 Å². The lowest BCUT2D eigenvalue weighted by atomic mass is 10.0. The fourth-order valence-corrected chi connectivity index (χ4v) is 4.24. The van der Waals surface area contributed by atoms with E-state index in [-0.39, 0.29) is 11.8 Å². The van der Waals surface area contributed by atoms with E-state index in [4.69, 9.17) is 4.74 Å². The van der Waals surface area contributed by atoms with Crippen molar-refractivity contribution < 1.29 is 14.3 Å². The molecule has 0 unspecified atom stereocenters. The van der Waals surface area contributed by atoms with Gasteiger partial charge in [0.1, 0.15) is 11.4 Å². The second-order valence-electron chi connectivity index (χ2n) is 8.16. The highest BCUT2D eigenvalue weighted by molar-refractivity contribution is 6.45. The first kappa shape index (κ1) is 22.3. The number of imide groups is 1. The molecule has 0 N–H and O–H groups in total. The van der Waals surface area contributed by atoms with E-state index in [2.05, 4.69) is 0 Å². The minimum Gasteiger partial charge on any atom is -0.496 e. The Kier molecular flexibility index (Phi) is 6.31. The van der Waals surface area contributed by atoms with Crippen molar-refractivity contribution >= 4 is 23.1 Å². The summed E-state index contributed by atoms with van der Waals surface area (Å²) in [5.74, 6) is -0.0863. The Hall–Kier alpha value is -3.86. The van der Waals surface area contributed by atoms with Gasteiger partial charge in [-0.15, -0.1) is 0 Å². The number of anilines is 1. The Bertz CT molecular complexity index is 1230. The van der Waals surface area contributed by atoms with Crippen molar-refractivity contribution in [1.29, 1.82) is 0 Å². The molecular weight excluding hydrogens is 412 g/mol. The number of hydrogen-bond acceptors (Lipinski definition) is 4. The summed E-state index contributed by atoms with van der Waals surface area (Å²) in [7, 11) is 1.57. The number of nitrogens with zero attached hydrogens (tertiary/aromatic N) is 2. The third-order valence-corrected chi connectivity index (χ3v) is 5.96. The zero-order valence-corrected chi connectivity index (χ0v) is 19.5. The van der Waals surface area contributed by atoms with Crippen LogP contribution < -0.4 is 9.64 Å². The van der Waals surface area contributed by atoms with E-state index >= 15 is 0 Å². The van der Waals surface area contributed by atoms with E-state index in [0.717, 1.165) is 16.7 Å². The maximum atomic E-state index is 13.9. The number of benzene rings is 3. The van der Waals surface area contributed by atoms with Crippen molar-refractivity contribution in [3.63, 3.8) is 0 Å². The number of aryl methyl sites for hydroxylation is 2. The van der Waals surface area contributed by atoms with Gasteiger partial charge in [-0.05, 0) is 49.6 Å². The second kappa shape index (κ2) is 9.33. The first-order valence-electron chi connectivity index (χ1n) is 11.1. The van der Waals surface area contributed by atoms with E-state index in [1.807, 2.05) is 98.5 Å². The van der Waals surface area contributed by atoms with E-state index in [1.165, 1.54) is 4.90 Å². The summed E-state index contributed by atoms with van der Waals surface area (Å²) in [4.78, 5) is 31.1. The number of para-hydroxylation sites is 1. The number of likely N-dealkylation sites (N-methyl/N-ethyl adjacent to an activating group) is 1. The number of methoxy groups -OCH3 is 1. The lowest BCUT2D eigenvalue weighted by Crippen LogP contribution is -2.35. The van der Waals surface area contributed by atoms with Crippen LogP contribution in [0.2, 0.25) is 0 Å². The monoisotopic (exact) mass is 440 g/mol. The van der Waals surface area contributed by atoms with Crippen LogP contribution in [0.1, 0.15) is 29.2 Å². The van der Waals surface area contributed by atoms with Crippen LogP contribution >= 0.6 is 0 Å². The van der Waals surface area contributed by atoms with Gasteiger partial charge in [-0.3, -0.25) is 9.59 Å². The van der Waals surface area contributed by atoms with Gasteiger partial charge in [0.25, 0.3) is 11.8 Å². The molecule has 0 spiro atoms. The minimum absolute atomic E-state index is 0.313. The number of ether oxygens (including phenoxy) is 1. The summed E-state index contributed by atoms with van der Waals surface area (Å²) in [5.41, 5.74) is 4.93. The van der Waals surface area contributed by atoms with Crippen molar-refractivity contribution in [1.82, 2.24) is 4.90 Å². The standard InChI is InChI=1S/C28H28N2O3/c1-5-29(18-21-11-7-6-8-12-21)26-25(22-13-9-10-14-24(22)33-4)27(31)30(28(26)32)23-17-19(2)15-16-20(23)3/h6-17H,5,18H2,1-4H3. The highest BCUT2D eigenvalue weighted by atomic mass is 16.5. The Labute approximate surface area is 194 Å². The Balaban J connectivity index is 1.90. The van der Waals surface area contributed by atoms with Crippen molar-refractivity contribution in [2.75, 3.05) is 18.6 Å². The molecule has 0 saturated heterocycles. The zero-order chi connectivity index (χ0) is 23.5. The average molecular weight is 441 g/mol. The molecule has 2 amide bonds. The largest absolute Gasteiger partial charge is 0.496 e. The van der Waals surface area contributed by atoms with Crippen molar-refractivity contribution in [2.24, 2.45) is 0 Å². The van der Waals surface area contributed by atoms with Gasteiger partial charge in [0, 0.05) is 18.7 Å². The van der Waals surface area contributed by atoms with E-state index in [0.29, 0.717) is 41.4 Å². The lowest BCUT2D eigenvalue weighted by molar-refractivity contribution is -0.120. The fourth-order valence-electron chi connectivity index (χ4n) is 4.24. The topological polar surface area (TPSA) is 49.9 Å². The Morgan fingerprint density at radius 2 is 1.58 bits per heavy atom. The highest BCUT2D eigenvalue weighted by Gasteiger charge is 2.43. The third-order valence-electron chi connectivity index (χ3n) is 5.96. The maximum Gasteiger partial charge on any atom is 0.282 e. The summed E-state index contributed by atoms with van der Waals surface area (Å²) >= 11 is 0. The molecule has 168 valence electrons. The first-order valence-corrected chi connectivity index (χ1v) is 11.1. The number of rotatable bonds is 7. The van der Waals surface area contributed by atoms with Gasteiger partial charge in [0.15, 0.2) is 0 Å². The summed E-state index contributed by atoms with van der Waals surface area (Å²) in [6.45, 7) is 6.95. The normalized spacial score (nSPS) is 13.6. The number of carbonyl (C=O) groups excluding carboxylic acids is 2. The van der Waals surface area contributed by atoms with Gasteiger partial charge in [0.05, 0.1) is 18.4 Å². The molecule has 0 atom stereocenters. The van der Waals surface area contributed by atoms with Crippen molar-refractivity contribution in [3.8, 4) is 5.75 Å². The molecule has 3 aromatic carbocycles. The molecule has 0 radical (unpaired) electrons. The number of hydrogen-bond donors (Lipinski definition) is 0. The third kappa shape index (κ3) is 4.14. The molecule has 0 fully saturated rings. The summed E-state index contributed by atoms with van der Waals surface area (Å²) in [6, 6.07) is 23.1. The van der Waals surface area contributed by atoms with Crippen molar-refractivity contribution in [3.05, 3.63) is 101 Å². The van der Waals surface area contributed by atoms with Crippen LogP contribution in [0.15, 0.2) is 78.5 Å². The molecule has 0 bridgehead atoms. The molecule has 3 aromatic rings. The molecule has 0 saturated carbocycles. The summed E-state index contributed by atoms with van der Waals surface area (Å²) in [6.07, 6.45) is 0. The summed E-state index contributed by atoms with van der Waals surface area (Å²) in [5, 5.41) is 0. The Morgan fingerprint density at radius 1 is 0.879 bits per heavy atom. The highest BCUT2D eigenvalue weighted by Crippen LogP contribution is 2.39. The van der Waals surface area contributed by atoms with Gasteiger partial charge in [-0.1, -0.05) is 60.7 Å². The molecule has 5 nitrogen and oxygen atoms in total. The number of amides is 2. The Morgan fingerprint density at radius 3 is 2.27 bits per heavy atom. The molecular formula is C28H28N2O3. The van der Waals surface area contributed by atoms with Crippen LogP contribution in [-0.2, 0) is 16.1 Å². The maximum absolute atomic E-state index is 13.9. The van der Waals surface area contributed by atoms with Crippen LogP contribution in [0, 0.1) is 13.8 Å². The van der Waals surface area contributed by atoms with Crippen LogP contribution in [0.3, 0.4) is 0 Å². The van der Waals surface area contributed by atoms with Gasteiger partial charge >= 0.3 is 0 Å². The SMILES string of the molecule is CCN(Cc1ccccc1)C1=C(c2ccccc2OC)C(=O)N(c2cc(C)ccc2C)C1=O. The van der Waals surface area contributed by atoms with Crippen LogP contribution in [0.4, 0.5) is 5.69 Å². The van der Waals surface area contributed by atoms with Crippen LogP contribution in [0.25, 0.3) is 5.57 Å². The molecule has 0 aliphatic carbocycles. The molecule has 0 aromatic heterocycles. The van der Waals surface area contributed by atoms with E-state index in [1.54, 1.807) is 7.11 Å². The van der Waals surface area contributed by atoms with Crippen LogP contribution in [-0.4, -0.2) is 30.4 Å². The van der Waals surface area contributed by atoms with Crippen molar-refractivity contribution in [2.45, 2.75) is 27.3 Å². The van der Waals surface area contributed by atoms with Gasteiger partial charge in [-0.2, -0.15) is 0 Å². The summed E-state index contributed by atoms with van der Waals surface area (Å²) < 4.78 is 5.57. The zero-order valence-electron chi connectivity index (χ0n) is 19.5. The van der Waals surface area contributed by atoms with E-state index in [9.17, 15) is 9.59 Å². The minimum atomic E-state index is -0.334. The molecule has 1 aliphatic heterocycles. The fraction of sp³-hybridized carbons (Fsp3) is 0.214. The average Bonchev–Trinajstić information content (AvgIpc) is 3.09. The molecule has 33 heavy (non-hydrogen) atoms. The lowest BCUT2D eigenvalue weighted by Gasteiger charge is -2.25. The predicted molar refractivity (Wildman–Crippen MR) is 131 cm³/mol. The predicted octanol–water partition coefficient (Wildman–Crippen LogP) is 5.12. The van der Waals surface area contributed by atoms with E-state index < -0.39 is 0 Å². The molecule has 1 aliphatic rings.